The van der Waals surface area contributed by atoms with E-state index in [1.165, 1.54) is 7.11 Å². The Morgan fingerprint density at radius 2 is 2.07 bits per heavy atom. The molecule has 1 N–H and O–H groups in total. The van der Waals surface area contributed by atoms with Crippen LogP contribution in [0, 0.1) is 6.92 Å². The molecule has 142 valence electrons. The minimum atomic E-state index is -0.376. The van der Waals surface area contributed by atoms with Crippen LogP contribution in [0.25, 0.3) is 22.3 Å². The van der Waals surface area contributed by atoms with Crippen molar-refractivity contribution < 1.29 is 14.1 Å². The monoisotopic (exact) mass is 369 g/mol. The Balaban J connectivity index is 1.48. The van der Waals surface area contributed by atoms with Crippen LogP contribution in [0.2, 0.25) is 0 Å². The number of carbonyl (C=O) groups excluding carboxylic acids is 1. The average molecular weight is 369 g/mol. The number of nitrogens with one attached hydrogen (secondary N) is 1. The van der Waals surface area contributed by atoms with Crippen LogP contribution in [0.5, 0.6) is 0 Å². The fourth-order valence-electron chi connectivity index (χ4n) is 3.81. The van der Waals surface area contributed by atoms with E-state index in [9.17, 15) is 4.79 Å². The van der Waals surface area contributed by atoms with E-state index in [-0.39, 0.29) is 18.1 Å². The number of aromatic nitrogens is 4. The van der Waals surface area contributed by atoms with Crippen LogP contribution in [0.1, 0.15) is 43.2 Å². The highest BCUT2D eigenvalue weighted by atomic mass is 16.5. The zero-order valence-electron chi connectivity index (χ0n) is 15.7. The molecule has 0 aliphatic heterocycles. The number of carbonyl (C=O) groups is 1. The van der Waals surface area contributed by atoms with Gasteiger partial charge in [-0.2, -0.15) is 10.1 Å². The molecule has 1 fully saturated rings. The van der Waals surface area contributed by atoms with Crippen molar-refractivity contribution in [1.29, 1.82) is 0 Å². The van der Waals surface area contributed by atoms with Crippen molar-refractivity contribution >= 4 is 17.0 Å². The van der Waals surface area contributed by atoms with Crippen LogP contribution in [0.4, 0.5) is 4.79 Å². The molecule has 1 aromatic carbocycles. The fourth-order valence-corrected chi connectivity index (χ4v) is 3.81. The summed E-state index contributed by atoms with van der Waals surface area (Å²) in [5.74, 6) is 1.49. The van der Waals surface area contributed by atoms with Crippen LogP contribution < -0.4 is 5.32 Å². The number of methoxy groups -OCH3 is 1. The number of aryl methyl sites for hydroxylation is 2. The van der Waals surface area contributed by atoms with Crippen molar-refractivity contribution in [1.82, 2.24) is 25.2 Å². The van der Waals surface area contributed by atoms with E-state index >= 15 is 0 Å². The summed E-state index contributed by atoms with van der Waals surface area (Å²) in [5.41, 5.74) is 2.97. The average Bonchev–Trinajstić information content (AvgIpc) is 3.27. The number of hydrogen-bond acceptors (Lipinski definition) is 6. The number of rotatable bonds is 3. The largest absolute Gasteiger partial charge is 0.453 e. The SMILES string of the molecule is COC(=O)N[C@H]1CC[C@@H](c2nc(-c3ccc4c(C)nn(C)c4c3)no2)CC1. The van der Waals surface area contributed by atoms with Gasteiger partial charge >= 0.3 is 6.09 Å². The molecule has 1 saturated carbocycles. The van der Waals surface area contributed by atoms with Gasteiger partial charge in [0, 0.05) is 30.0 Å². The second kappa shape index (κ2) is 7.02. The predicted molar refractivity (Wildman–Crippen MR) is 99.3 cm³/mol. The molecule has 27 heavy (non-hydrogen) atoms. The molecule has 0 atom stereocenters. The second-order valence-corrected chi connectivity index (χ2v) is 7.08. The Kier molecular flexibility index (Phi) is 4.55. The summed E-state index contributed by atoms with van der Waals surface area (Å²) in [6, 6.07) is 6.24. The maximum Gasteiger partial charge on any atom is 0.407 e. The lowest BCUT2D eigenvalue weighted by Crippen LogP contribution is -2.37. The highest BCUT2D eigenvalue weighted by Crippen LogP contribution is 2.33. The number of hydrogen-bond donors (Lipinski definition) is 1. The minimum absolute atomic E-state index is 0.145. The summed E-state index contributed by atoms with van der Waals surface area (Å²) in [6.07, 6.45) is 3.17. The molecule has 0 unspecified atom stereocenters. The van der Waals surface area contributed by atoms with Crippen molar-refractivity contribution in [3.63, 3.8) is 0 Å². The van der Waals surface area contributed by atoms with Gasteiger partial charge in [0.1, 0.15) is 0 Å². The zero-order chi connectivity index (χ0) is 19.0. The van der Waals surface area contributed by atoms with Crippen LogP contribution in [-0.4, -0.2) is 39.2 Å². The van der Waals surface area contributed by atoms with Gasteiger partial charge in [-0.05, 0) is 38.7 Å². The number of benzene rings is 1. The van der Waals surface area contributed by atoms with Crippen molar-refractivity contribution in [2.45, 2.75) is 44.6 Å². The number of amides is 1. The molecule has 0 bridgehead atoms. The van der Waals surface area contributed by atoms with Crippen LogP contribution in [0.3, 0.4) is 0 Å². The lowest BCUT2D eigenvalue weighted by atomic mass is 9.86. The lowest BCUT2D eigenvalue weighted by molar-refractivity contribution is 0.161. The maximum absolute atomic E-state index is 11.3. The number of ether oxygens (including phenoxy) is 1. The fraction of sp³-hybridized carbons (Fsp3) is 0.474. The Morgan fingerprint density at radius 1 is 1.30 bits per heavy atom. The van der Waals surface area contributed by atoms with Gasteiger partial charge in [-0.15, -0.1) is 0 Å². The standard InChI is InChI=1S/C19H23N5O3/c1-11-15-9-6-13(10-16(15)24(2)22-11)17-21-18(27-23-17)12-4-7-14(8-5-12)20-19(25)26-3/h6,9-10,12,14H,4-5,7-8H2,1-3H3,(H,20,25)/t12-,14+. The van der Waals surface area contributed by atoms with Gasteiger partial charge < -0.3 is 14.6 Å². The quantitative estimate of drug-likeness (QED) is 0.761. The summed E-state index contributed by atoms with van der Waals surface area (Å²) in [4.78, 5) is 16.0. The summed E-state index contributed by atoms with van der Waals surface area (Å²) in [7, 11) is 3.31. The van der Waals surface area contributed by atoms with E-state index in [1.54, 1.807) is 0 Å². The molecule has 0 saturated heterocycles. The molecule has 0 spiro atoms. The Bertz CT molecular complexity index is 969. The van der Waals surface area contributed by atoms with Crippen molar-refractivity contribution in [3.05, 3.63) is 29.8 Å². The summed E-state index contributed by atoms with van der Waals surface area (Å²) < 4.78 is 12.1. The molecule has 1 aliphatic carbocycles. The first-order valence-electron chi connectivity index (χ1n) is 9.17. The Hall–Kier alpha value is -2.90. The first-order valence-corrected chi connectivity index (χ1v) is 9.17. The van der Waals surface area contributed by atoms with E-state index in [4.69, 9.17) is 4.52 Å². The van der Waals surface area contributed by atoms with E-state index in [0.717, 1.165) is 47.8 Å². The van der Waals surface area contributed by atoms with Crippen LogP contribution >= 0.6 is 0 Å². The van der Waals surface area contributed by atoms with Crippen LogP contribution in [-0.2, 0) is 11.8 Å². The zero-order valence-corrected chi connectivity index (χ0v) is 15.7. The van der Waals surface area contributed by atoms with E-state index in [2.05, 4.69) is 25.3 Å². The molecule has 3 aromatic rings. The molecule has 8 nitrogen and oxygen atoms in total. The van der Waals surface area contributed by atoms with E-state index < -0.39 is 0 Å². The first-order chi connectivity index (χ1) is 13.0. The van der Waals surface area contributed by atoms with Gasteiger partial charge in [0.25, 0.3) is 0 Å². The van der Waals surface area contributed by atoms with Gasteiger partial charge in [-0.3, -0.25) is 4.68 Å². The normalized spacial score (nSPS) is 20.0. The number of alkyl carbamates (subject to hydrolysis) is 1. The molecular weight excluding hydrogens is 346 g/mol. The van der Waals surface area contributed by atoms with Gasteiger partial charge in [0.15, 0.2) is 0 Å². The lowest BCUT2D eigenvalue weighted by Gasteiger charge is -2.26. The highest BCUT2D eigenvalue weighted by Gasteiger charge is 2.27. The number of fused-ring (bicyclic) bond motifs is 1. The number of nitrogens with zero attached hydrogens (tertiary/aromatic N) is 4. The Labute approximate surface area is 156 Å². The van der Waals surface area contributed by atoms with Gasteiger partial charge in [-0.1, -0.05) is 17.3 Å². The molecule has 8 heteroatoms. The summed E-state index contributed by atoms with van der Waals surface area (Å²) in [5, 5.41) is 12.6. The third kappa shape index (κ3) is 3.39. The van der Waals surface area contributed by atoms with Crippen LogP contribution in [0.15, 0.2) is 22.7 Å². The smallest absolute Gasteiger partial charge is 0.407 e. The highest BCUT2D eigenvalue weighted by molar-refractivity contribution is 5.85. The maximum atomic E-state index is 11.3. The van der Waals surface area contributed by atoms with E-state index in [1.807, 2.05) is 36.9 Å². The van der Waals surface area contributed by atoms with Gasteiger partial charge in [0.2, 0.25) is 11.7 Å². The molecular formula is C19H23N5O3. The second-order valence-electron chi connectivity index (χ2n) is 7.08. The first kappa shape index (κ1) is 17.5. The molecule has 2 heterocycles. The molecule has 1 aliphatic rings. The summed E-state index contributed by atoms with van der Waals surface area (Å²) in [6.45, 7) is 2.00. The predicted octanol–water partition coefficient (Wildman–Crippen LogP) is 3.31. The topological polar surface area (TPSA) is 95.1 Å². The Morgan fingerprint density at radius 3 is 2.81 bits per heavy atom. The third-order valence-corrected chi connectivity index (χ3v) is 5.32. The molecule has 0 radical (unpaired) electrons. The third-order valence-electron chi connectivity index (χ3n) is 5.32. The van der Waals surface area contributed by atoms with Crippen molar-refractivity contribution in [2.75, 3.05) is 7.11 Å². The molecule has 4 rings (SSSR count). The van der Waals surface area contributed by atoms with Crippen molar-refractivity contribution in [2.24, 2.45) is 7.05 Å². The minimum Gasteiger partial charge on any atom is -0.453 e. The van der Waals surface area contributed by atoms with Gasteiger partial charge in [-0.25, -0.2) is 4.79 Å². The van der Waals surface area contributed by atoms with E-state index in [0.29, 0.717) is 11.7 Å². The molecule has 2 aromatic heterocycles. The summed E-state index contributed by atoms with van der Waals surface area (Å²) >= 11 is 0. The molecule has 1 amide bonds. The van der Waals surface area contributed by atoms with Crippen molar-refractivity contribution in [3.8, 4) is 11.4 Å². The van der Waals surface area contributed by atoms with Gasteiger partial charge in [0.05, 0.1) is 18.3 Å².